The molecule has 21 heavy (non-hydrogen) atoms. The number of carbonyl (C=O) groups excluding carboxylic acids is 1. The van der Waals surface area contributed by atoms with Crippen molar-refractivity contribution < 1.29 is 14.7 Å². The summed E-state index contributed by atoms with van der Waals surface area (Å²) in [6.07, 6.45) is 1.71. The fraction of sp³-hybridized carbons (Fsp3) is 0.529. The number of hydrogen-bond acceptors (Lipinski definition) is 2. The van der Waals surface area contributed by atoms with Crippen LogP contribution in [0.4, 0.5) is 0 Å². The van der Waals surface area contributed by atoms with Crippen LogP contribution in [0.25, 0.3) is 0 Å². The average Bonchev–Trinajstić information content (AvgIpc) is 2.36. The van der Waals surface area contributed by atoms with Gasteiger partial charge in [0, 0.05) is 13.0 Å². The van der Waals surface area contributed by atoms with E-state index in [1.165, 1.54) is 5.56 Å². The minimum Gasteiger partial charge on any atom is -0.481 e. The van der Waals surface area contributed by atoms with Crippen molar-refractivity contribution in [1.82, 2.24) is 5.32 Å². The molecular weight excluding hydrogens is 266 g/mol. The summed E-state index contributed by atoms with van der Waals surface area (Å²) < 4.78 is 0. The molecular formula is C17H23NO3. The topological polar surface area (TPSA) is 66.4 Å². The molecule has 1 amide bonds. The number of fused-ring (bicyclic) bond motifs is 1. The number of rotatable bonds is 7. The summed E-state index contributed by atoms with van der Waals surface area (Å²) >= 11 is 0. The van der Waals surface area contributed by atoms with Crippen molar-refractivity contribution in [3.8, 4) is 0 Å². The Morgan fingerprint density at radius 1 is 1.33 bits per heavy atom. The second-order valence-electron chi connectivity index (χ2n) is 6.29. The summed E-state index contributed by atoms with van der Waals surface area (Å²) in [5, 5.41) is 11.9. The first-order valence-corrected chi connectivity index (χ1v) is 7.54. The van der Waals surface area contributed by atoms with Crippen LogP contribution in [0.5, 0.6) is 0 Å². The van der Waals surface area contributed by atoms with Crippen molar-refractivity contribution in [2.75, 3.05) is 6.54 Å². The Morgan fingerprint density at radius 2 is 2.05 bits per heavy atom. The summed E-state index contributed by atoms with van der Waals surface area (Å²) in [4.78, 5) is 23.1. The molecule has 114 valence electrons. The quantitative estimate of drug-likeness (QED) is 0.810. The van der Waals surface area contributed by atoms with E-state index in [4.69, 9.17) is 5.11 Å². The van der Waals surface area contributed by atoms with E-state index in [9.17, 15) is 9.59 Å². The van der Waals surface area contributed by atoms with Gasteiger partial charge in [-0.1, -0.05) is 38.1 Å². The van der Waals surface area contributed by atoms with Crippen molar-refractivity contribution in [3.63, 3.8) is 0 Å². The molecule has 4 heteroatoms. The fourth-order valence-electron chi connectivity index (χ4n) is 3.01. The van der Waals surface area contributed by atoms with Gasteiger partial charge in [-0.3, -0.25) is 9.59 Å². The molecule has 1 aromatic carbocycles. The Morgan fingerprint density at radius 3 is 2.67 bits per heavy atom. The third-order valence-corrected chi connectivity index (χ3v) is 4.00. The molecule has 0 fully saturated rings. The first kappa shape index (κ1) is 15.5. The van der Waals surface area contributed by atoms with Gasteiger partial charge >= 0.3 is 5.97 Å². The maximum atomic E-state index is 12.2. The van der Waals surface area contributed by atoms with Crippen LogP contribution < -0.4 is 5.32 Å². The minimum atomic E-state index is -0.802. The van der Waals surface area contributed by atoms with Gasteiger partial charge in [0.2, 0.25) is 5.91 Å². The third-order valence-electron chi connectivity index (χ3n) is 4.00. The average molecular weight is 289 g/mol. The lowest BCUT2D eigenvalue weighted by atomic mass is 9.77. The fourth-order valence-corrected chi connectivity index (χ4v) is 3.01. The molecule has 1 unspecified atom stereocenters. The predicted octanol–water partition coefficient (Wildman–Crippen LogP) is 2.58. The van der Waals surface area contributed by atoms with Gasteiger partial charge in [-0.15, -0.1) is 0 Å². The number of aliphatic carboxylic acids is 1. The lowest BCUT2D eigenvalue weighted by Gasteiger charge is -2.29. The second kappa shape index (κ2) is 6.74. The highest BCUT2D eigenvalue weighted by Crippen LogP contribution is 2.34. The molecule has 0 aromatic heterocycles. The highest BCUT2D eigenvalue weighted by Gasteiger charge is 2.31. The van der Waals surface area contributed by atoms with E-state index in [-0.39, 0.29) is 24.2 Å². The minimum absolute atomic E-state index is 0.00164. The molecule has 4 nitrogen and oxygen atoms in total. The molecule has 0 heterocycles. The van der Waals surface area contributed by atoms with Gasteiger partial charge < -0.3 is 10.4 Å². The van der Waals surface area contributed by atoms with E-state index in [1.807, 2.05) is 24.3 Å². The summed E-state index contributed by atoms with van der Waals surface area (Å²) in [5.41, 5.74) is 2.34. The molecule has 0 spiro atoms. The summed E-state index contributed by atoms with van der Waals surface area (Å²) in [6.45, 7) is 4.58. The maximum Gasteiger partial charge on any atom is 0.303 e. The van der Waals surface area contributed by atoms with Gasteiger partial charge in [-0.2, -0.15) is 0 Å². The molecule has 2 N–H and O–H groups in total. The monoisotopic (exact) mass is 289 g/mol. The number of amides is 1. The third kappa shape index (κ3) is 4.06. The van der Waals surface area contributed by atoms with Crippen LogP contribution in [-0.2, 0) is 16.0 Å². The maximum absolute atomic E-state index is 12.2. The Kier molecular flexibility index (Phi) is 4.99. The predicted molar refractivity (Wildman–Crippen MR) is 81.1 cm³/mol. The van der Waals surface area contributed by atoms with Gasteiger partial charge in [0.15, 0.2) is 0 Å². The molecule has 0 saturated carbocycles. The lowest BCUT2D eigenvalue weighted by Crippen LogP contribution is -2.38. The van der Waals surface area contributed by atoms with Crippen LogP contribution >= 0.6 is 0 Å². The standard InChI is InChI=1S/C17H23NO3/c1-11(2)7-12(8-16(19)20)10-18-17(21)15-9-13-5-3-4-6-14(13)15/h3-6,11-12,15H,7-10H2,1-2H3,(H,18,21)(H,19,20)/t12-,15?/m0/s1. The van der Waals surface area contributed by atoms with E-state index in [2.05, 4.69) is 19.2 Å². The van der Waals surface area contributed by atoms with Gasteiger partial charge in [-0.25, -0.2) is 0 Å². The second-order valence-corrected chi connectivity index (χ2v) is 6.29. The van der Waals surface area contributed by atoms with E-state index < -0.39 is 5.97 Å². The molecule has 2 rings (SSSR count). The van der Waals surface area contributed by atoms with E-state index in [0.717, 1.165) is 18.4 Å². The highest BCUT2D eigenvalue weighted by atomic mass is 16.4. The normalized spacial score (nSPS) is 17.8. The first-order chi connectivity index (χ1) is 9.97. The number of benzene rings is 1. The Labute approximate surface area is 125 Å². The smallest absolute Gasteiger partial charge is 0.303 e. The van der Waals surface area contributed by atoms with Gasteiger partial charge in [0.25, 0.3) is 0 Å². The van der Waals surface area contributed by atoms with Crippen LogP contribution in [0.15, 0.2) is 24.3 Å². The molecule has 2 atom stereocenters. The van der Waals surface area contributed by atoms with E-state index >= 15 is 0 Å². The number of carbonyl (C=O) groups is 2. The Balaban J connectivity index is 1.86. The molecule has 0 bridgehead atoms. The van der Waals surface area contributed by atoms with Crippen molar-refractivity contribution in [2.24, 2.45) is 11.8 Å². The summed E-state index contributed by atoms with van der Waals surface area (Å²) in [5.74, 6) is -0.417. The van der Waals surface area contributed by atoms with Crippen molar-refractivity contribution in [3.05, 3.63) is 35.4 Å². The molecule has 0 radical (unpaired) electrons. The van der Waals surface area contributed by atoms with Crippen molar-refractivity contribution in [1.29, 1.82) is 0 Å². The molecule has 1 aromatic rings. The summed E-state index contributed by atoms with van der Waals surface area (Å²) in [7, 11) is 0. The van der Waals surface area contributed by atoms with E-state index in [1.54, 1.807) is 0 Å². The zero-order valence-electron chi connectivity index (χ0n) is 12.6. The lowest BCUT2D eigenvalue weighted by molar-refractivity contribution is -0.138. The zero-order valence-corrected chi connectivity index (χ0v) is 12.6. The van der Waals surface area contributed by atoms with Crippen molar-refractivity contribution in [2.45, 2.75) is 39.0 Å². The number of carboxylic acids is 1. The SMILES string of the molecule is CC(C)C[C@H](CNC(=O)C1Cc2ccccc21)CC(=O)O. The first-order valence-electron chi connectivity index (χ1n) is 7.54. The largest absolute Gasteiger partial charge is 0.481 e. The Hall–Kier alpha value is -1.84. The highest BCUT2D eigenvalue weighted by molar-refractivity contribution is 5.86. The van der Waals surface area contributed by atoms with Crippen LogP contribution in [0.2, 0.25) is 0 Å². The van der Waals surface area contributed by atoms with Crippen LogP contribution in [0.3, 0.4) is 0 Å². The van der Waals surface area contributed by atoms with E-state index in [0.29, 0.717) is 12.5 Å². The number of carboxylic acid groups (broad SMARTS) is 1. The Bertz CT molecular complexity index is 525. The number of nitrogens with one attached hydrogen (secondary N) is 1. The molecule has 1 aliphatic carbocycles. The van der Waals surface area contributed by atoms with Crippen LogP contribution in [0.1, 0.15) is 43.7 Å². The van der Waals surface area contributed by atoms with Gasteiger partial charge in [0.05, 0.1) is 5.92 Å². The zero-order chi connectivity index (χ0) is 15.4. The number of hydrogen-bond donors (Lipinski definition) is 2. The summed E-state index contributed by atoms with van der Waals surface area (Å²) in [6, 6.07) is 7.97. The van der Waals surface area contributed by atoms with Crippen LogP contribution in [-0.4, -0.2) is 23.5 Å². The molecule has 1 aliphatic rings. The van der Waals surface area contributed by atoms with Crippen molar-refractivity contribution >= 4 is 11.9 Å². The van der Waals surface area contributed by atoms with Crippen LogP contribution in [0, 0.1) is 11.8 Å². The molecule has 0 saturated heterocycles. The van der Waals surface area contributed by atoms with Gasteiger partial charge in [-0.05, 0) is 35.8 Å². The molecule has 0 aliphatic heterocycles. The van der Waals surface area contributed by atoms with Gasteiger partial charge in [0.1, 0.15) is 0 Å².